The average Bonchev–Trinajstić information content (AvgIpc) is 2.31. The topological polar surface area (TPSA) is 63.1 Å². The molecule has 0 aliphatic heterocycles. The molecule has 0 spiro atoms. The molecule has 2 aromatic heterocycles. The number of aromatic nitrogens is 4. The average molecular weight is 164 g/mol. The molecule has 1 N–H and O–H groups in total. The molecule has 12 heavy (non-hydrogen) atoms. The van der Waals surface area contributed by atoms with Gasteiger partial charge in [0.25, 0.3) is 0 Å². The van der Waals surface area contributed by atoms with E-state index in [-0.39, 0.29) is 5.69 Å². The zero-order valence-electron chi connectivity index (χ0n) is 6.83. The highest BCUT2D eigenvalue weighted by atomic mass is 16.1. The SMILES string of the molecule is Cc1cc2nnc(C)n2c(=O)[nH]1. The molecule has 62 valence electrons. The zero-order valence-corrected chi connectivity index (χ0v) is 6.83. The van der Waals surface area contributed by atoms with Gasteiger partial charge in [0, 0.05) is 11.8 Å². The molecule has 0 atom stereocenters. The van der Waals surface area contributed by atoms with Gasteiger partial charge in [-0.15, -0.1) is 10.2 Å². The molecule has 0 aliphatic rings. The van der Waals surface area contributed by atoms with Crippen LogP contribution < -0.4 is 5.69 Å². The van der Waals surface area contributed by atoms with E-state index in [2.05, 4.69) is 15.2 Å². The standard InChI is InChI=1S/C7H8N4O/c1-4-3-6-10-9-5(2)11(6)7(12)8-4/h3H,1-2H3,(H,8,12). The van der Waals surface area contributed by atoms with Gasteiger partial charge in [0.2, 0.25) is 0 Å². The number of H-pyrrole nitrogens is 1. The van der Waals surface area contributed by atoms with Crippen LogP contribution in [0.2, 0.25) is 0 Å². The van der Waals surface area contributed by atoms with Gasteiger partial charge in [-0.2, -0.15) is 0 Å². The molecule has 0 unspecified atom stereocenters. The molecular weight excluding hydrogens is 156 g/mol. The van der Waals surface area contributed by atoms with Crippen LogP contribution in [0.1, 0.15) is 11.5 Å². The highest BCUT2D eigenvalue weighted by Gasteiger charge is 2.03. The largest absolute Gasteiger partial charge is 0.332 e. The minimum Gasteiger partial charge on any atom is -0.311 e. The Morgan fingerprint density at radius 3 is 2.92 bits per heavy atom. The summed E-state index contributed by atoms with van der Waals surface area (Å²) in [5.41, 5.74) is 1.20. The monoisotopic (exact) mass is 164 g/mol. The van der Waals surface area contributed by atoms with Crippen molar-refractivity contribution >= 4 is 5.65 Å². The predicted molar refractivity (Wildman–Crippen MR) is 43.1 cm³/mol. The molecule has 0 radical (unpaired) electrons. The van der Waals surface area contributed by atoms with E-state index in [0.717, 1.165) is 5.69 Å². The lowest BCUT2D eigenvalue weighted by Crippen LogP contribution is -2.17. The Hall–Kier alpha value is -1.65. The van der Waals surface area contributed by atoms with E-state index in [9.17, 15) is 4.79 Å². The Balaban J connectivity index is 3.03. The Kier molecular flexibility index (Phi) is 1.27. The van der Waals surface area contributed by atoms with Crippen molar-refractivity contribution in [2.45, 2.75) is 13.8 Å². The van der Waals surface area contributed by atoms with Crippen molar-refractivity contribution in [3.05, 3.63) is 28.1 Å². The first-order valence-corrected chi connectivity index (χ1v) is 3.60. The van der Waals surface area contributed by atoms with Gasteiger partial charge in [0.1, 0.15) is 5.82 Å². The van der Waals surface area contributed by atoms with E-state index >= 15 is 0 Å². The molecular formula is C7H8N4O. The highest BCUT2D eigenvalue weighted by molar-refractivity contribution is 5.37. The van der Waals surface area contributed by atoms with Crippen LogP contribution in [0.3, 0.4) is 0 Å². The predicted octanol–water partition coefficient (Wildman–Crippen LogP) is 0.0344. The number of nitrogens with zero attached hydrogens (tertiary/aromatic N) is 3. The molecule has 2 heterocycles. The summed E-state index contributed by atoms with van der Waals surface area (Å²) < 4.78 is 1.44. The fourth-order valence-electron chi connectivity index (χ4n) is 1.18. The third kappa shape index (κ3) is 0.827. The summed E-state index contributed by atoms with van der Waals surface area (Å²) in [4.78, 5) is 14.0. The molecule has 0 bridgehead atoms. The smallest absolute Gasteiger partial charge is 0.311 e. The van der Waals surface area contributed by atoms with Gasteiger partial charge in [-0.25, -0.2) is 9.20 Å². The number of nitrogens with one attached hydrogen (secondary N) is 1. The first kappa shape index (κ1) is 7.02. The summed E-state index contributed by atoms with van der Waals surface area (Å²) in [5, 5.41) is 7.62. The molecule has 0 saturated carbocycles. The molecule has 5 nitrogen and oxygen atoms in total. The summed E-state index contributed by atoms with van der Waals surface area (Å²) in [6, 6.07) is 1.78. The molecule has 0 aromatic carbocycles. The van der Waals surface area contributed by atoms with Crippen molar-refractivity contribution < 1.29 is 0 Å². The fourth-order valence-corrected chi connectivity index (χ4v) is 1.18. The minimum atomic E-state index is -0.187. The summed E-state index contributed by atoms with van der Waals surface area (Å²) in [7, 11) is 0. The number of hydrogen-bond acceptors (Lipinski definition) is 3. The van der Waals surface area contributed by atoms with Crippen molar-refractivity contribution in [2.24, 2.45) is 0 Å². The Bertz CT molecular complexity index is 482. The van der Waals surface area contributed by atoms with Gasteiger partial charge in [0.05, 0.1) is 0 Å². The van der Waals surface area contributed by atoms with Crippen LogP contribution in [0.15, 0.2) is 10.9 Å². The first-order valence-electron chi connectivity index (χ1n) is 3.60. The number of hydrogen-bond donors (Lipinski definition) is 1. The van der Waals surface area contributed by atoms with Gasteiger partial charge in [-0.05, 0) is 13.8 Å². The van der Waals surface area contributed by atoms with Gasteiger partial charge < -0.3 is 4.98 Å². The third-order valence-electron chi connectivity index (χ3n) is 1.70. The van der Waals surface area contributed by atoms with Crippen LogP contribution in [-0.2, 0) is 0 Å². The van der Waals surface area contributed by atoms with E-state index in [4.69, 9.17) is 0 Å². The lowest BCUT2D eigenvalue weighted by atomic mass is 10.4. The fraction of sp³-hybridized carbons (Fsp3) is 0.286. The van der Waals surface area contributed by atoms with E-state index in [1.807, 2.05) is 6.92 Å². The van der Waals surface area contributed by atoms with E-state index < -0.39 is 0 Å². The van der Waals surface area contributed by atoms with Gasteiger partial charge in [-0.1, -0.05) is 0 Å². The van der Waals surface area contributed by atoms with Crippen molar-refractivity contribution in [3.8, 4) is 0 Å². The van der Waals surface area contributed by atoms with Crippen LogP contribution >= 0.6 is 0 Å². The first-order chi connectivity index (χ1) is 5.68. The quantitative estimate of drug-likeness (QED) is 0.597. The van der Waals surface area contributed by atoms with Crippen LogP contribution in [0.5, 0.6) is 0 Å². The summed E-state index contributed by atoms with van der Waals surface area (Å²) >= 11 is 0. The maximum Gasteiger partial charge on any atom is 0.332 e. The lowest BCUT2D eigenvalue weighted by molar-refractivity contribution is 0.921. The Labute approximate surface area is 68.1 Å². The minimum absolute atomic E-state index is 0.187. The molecule has 0 amide bonds. The highest BCUT2D eigenvalue weighted by Crippen LogP contribution is 1.98. The second-order valence-electron chi connectivity index (χ2n) is 2.70. The molecule has 0 fully saturated rings. The maximum atomic E-state index is 11.3. The Morgan fingerprint density at radius 2 is 2.17 bits per heavy atom. The zero-order chi connectivity index (χ0) is 8.72. The van der Waals surface area contributed by atoms with E-state index in [1.54, 1.807) is 13.0 Å². The van der Waals surface area contributed by atoms with Crippen LogP contribution in [0, 0.1) is 13.8 Å². The van der Waals surface area contributed by atoms with Crippen molar-refractivity contribution in [1.29, 1.82) is 0 Å². The Morgan fingerprint density at radius 1 is 1.42 bits per heavy atom. The van der Waals surface area contributed by atoms with E-state index in [0.29, 0.717) is 11.5 Å². The molecule has 0 aliphatic carbocycles. The van der Waals surface area contributed by atoms with Gasteiger partial charge in [-0.3, -0.25) is 0 Å². The maximum absolute atomic E-state index is 11.3. The molecule has 2 aromatic rings. The van der Waals surface area contributed by atoms with Gasteiger partial charge in [0.15, 0.2) is 5.65 Å². The number of rotatable bonds is 0. The van der Waals surface area contributed by atoms with E-state index in [1.165, 1.54) is 4.40 Å². The normalized spacial score (nSPS) is 10.8. The summed E-state index contributed by atoms with van der Waals surface area (Å²) in [5.74, 6) is 0.603. The third-order valence-corrected chi connectivity index (χ3v) is 1.70. The lowest BCUT2D eigenvalue weighted by Gasteiger charge is -1.94. The van der Waals surface area contributed by atoms with Crippen LogP contribution in [0.25, 0.3) is 5.65 Å². The van der Waals surface area contributed by atoms with Crippen LogP contribution in [-0.4, -0.2) is 19.6 Å². The number of aromatic amines is 1. The second kappa shape index (κ2) is 2.17. The number of aryl methyl sites for hydroxylation is 2. The number of fused-ring (bicyclic) bond motifs is 1. The summed E-state index contributed by atoms with van der Waals surface area (Å²) in [6.45, 7) is 3.55. The van der Waals surface area contributed by atoms with Crippen LogP contribution in [0.4, 0.5) is 0 Å². The molecule has 2 rings (SSSR count). The van der Waals surface area contributed by atoms with Gasteiger partial charge >= 0.3 is 5.69 Å². The molecule has 5 heteroatoms. The molecule has 0 saturated heterocycles. The second-order valence-corrected chi connectivity index (χ2v) is 2.70. The van der Waals surface area contributed by atoms with Crippen molar-refractivity contribution in [3.63, 3.8) is 0 Å². The summed E-state index contributed by atoms with van der Waals surface area (Å²) in [6.07, 6.45) is 0. The van der Waals surface area contributed by atoms with Crippen molar-refractivity contribution in [2.75, 3.05) is 0 Å². The van der Waals surface area contributed by atoms with Crippen molar-refractivity contribution in [1.82, 2.24) is 19.6 Å².